The highest BCUT2D eigenvalue weighted by Crippen LogP contribution is 2.22. The maximum atomic E-state index is 5.45. The zero-order valence-corrected chi connectivity index (χ0v) is 19.1. The number of hydrogen-bond acceptors (Lipinski definition) is 5. The predicted molar refractivity (Wildman–Crippen MR) is 138 cm³/mol. The van der Waals surface area contributed by atoms with Crippen LogP contribution in [-0.4, -0.2) is 34.0 Å². The Morgan fingerprint density at radius 3 is 2.50 bits per heavy atom. The molecule has 34 heavy (non-hydrogen) atoms. The second-order valence-corrected chi connectivity index (χ2v) is 7.88. The highest BCUT2D eigenvalue weighted by atomic mass is 15.0. The van der Waals surface area contributed by atoms with E-state index in [2.05, 4.69) is 57.2 Å². The van der Waals surface area contributed by atoms with Crippen LogP contribution < -0.4 is 16.8 Å². The van der Waals surface area contributed by atoms with Crippen molar-refractivity contribution in [3.8, 4) is 11.8 Å². The van der Waals surface area contributed by atoms with Crippen LogP contribution in [0.1, 0.15) is 28.2 Å². The van der Waals surface area contributed by atoms with Crippen molar-refractivity contribution in [2.24, 2.45) is 16.5 Å². The van der Waals surface area contributed by atoms with E-state index in [1.165, 1.54) is 11.1 Å². The number of aromatic nitrogens is 3. The van der Waals surface area contributed by atoms with E-state index in [0.717, 1.165) is 35.1 Å². The molecule has 2 heterocycles. The SMILES string of the molecule is Cc1ccc2nc(C#Cc3ccccn3)nc(NCCc3ccccc3CCN=C(N)N)c2c1. The first kappa shape index (κ1) is 22.7. The van der Waals surface area contributed by atoms with Crippen LogP contribution in [0.25, 0.3) is 10.9 Å². The Morgan fingerprint density at radius 2 is 1.74 bits per heavy atom. The van der Waals surface area contributed by atoms with Crippen molar-refractivity contribution >= 4 is 22.7 Å². The van der Waals surface area contributed by atoms with Gasteiger partial charge in [0, 0.05) is 24.7 Å². The molecule has 5 N–H and O–H groups in total. The Balaban J connectivity index is 1.54. The fourth-order valence-corrected chi connectivity index (χ4v) is 3.66. The number of aryl methyl sites for hydroxylation is 1. The van der Waals surface area contributed by atoms with Crippen molar-refractivity contribution in [3.05, 3.63) is 95.1 Å². The Labute approximate surface area is 199 Å². The van der Waals surface area contributed by atoms with Crippen molar-refractivity contribution in [1.82, 2.24) is 15.0 Å². The first-order valence-electron chi connectivity index (χ1n) is 11.2. The van der Waals surface area contributed by atoms with Crippen molar-refractivity contribution in [2.45, 2.75) is 19.8 Å². The summed E-state index contributed by atoms with van der Waals surface area (Å²) in [6.07, 6.45) is 3.34. The summed E-state index contributed by atoms with van der Waals surface area (Å²) < 4.78 is 0. The molecule has 2 aromatic heterocycles. The monoisotopic (exact) mass is 449 g/mol. The highest BCUT2D eigenvalue weighted by Gasteiger charge is 2.08. The molecule has 0 saturated carbocycles. The van der Waals surface area contributed by atoms with Crippen LogP contribution >= 0.6 is 0 Å². The van der Waals surface area contributed by atoms with Gasteiger partial charge in [0.1, 0.15) is 11.5 Å². The second-order valence-electron chi connectivity index (χ2n) is 7.88. The summed E-state index contributed by atoms with van der Waals surface area (Å²) in [4.78, 5) is 17.7. The van der Waals surface area contributed by atoms with Gasteiger partial charge in [-0.3, -0.25) is 4.99 Å². The molecule has 7 nitrogen and oxygen atoms in total. The summed E-state index contributed by atoms with van der Waals surface area (Å²) in [5.74, 6) is 7.44. The standard InChI is InChI=1S/C27H27N7/c1-19-9-11-24-23(18-19)26(34-25(33-24)12-10-22-8-4-5-15-30-22)31-16-13-20-6-2-3-7-21(20)14-17-32-27(28)29/h2-9,11,15,18H,13-14,16-17H2,1H3,(H4,28,29,32)(H,31,33,34). The van der Waals surface area contributed by atoms with Gasteiger partial charge in [0.25, 0.3) is 0 Å². The Morgan fingerprint density at radius 1 is 0.941 bits per heavy atom. The average molecular weight is 450 g/mol. The number of anilines is 1. The predicted octanol–water partition coefficient (Wildman–Crippen LogP) is 3.20. The summed E-state index contributed by atoms with van der Waals surface area (Å²) in [6.45, 7) is 3.35. The molecule has 7 heteroatoms. The third-order valence-electron chi connectivity index (χ3n) is 5.30. The fraction of sp³-hybridized carbons (Fsp3) is 0.185. The van der Waals surface area contributed by atoms with Crippen molar-refractivity contribution in [2.75, 3.05) is 18.4 Å². The molecule has 4 aromatic rings. The highest BCUT2D eigenvalue weighted by molar-refractivity contribution is 5.90. The van der Waals surface area contributed by atoms with Gasteiger partial charge in [-0.25, -0.2) is 15.0 Å². The van der Waals surface area contributed by atoms with Gasteiger partial charge in [0.2, 0.25) is 5.82 Å². The number of benzene rings is 2. The Bertz CT molecular complexity index is 1360. The van der Waals surface area contributed by atoms with Gasteiger partial charge in [0.05, 0.1) is 5.52 Å². The van der Waals surface area contributed by atoms with E-state index in [1.54, 1.807) is 6.20 Å². The zero-order valence-electron chi connectivity index (χ0n) is 19.1. The third-order valence-corrected chi connectivity index (χ3v) is 5.30. The number of pyridine rings is 1. The fourth-order valence-electron chi connectivity index (χ4n) is 3.66. The normalized spacial score (nSPS) is 10.4. The van der Waals surface area contributed by atoms with Crippen LogP contribution in [0.5, 0.6) is 0 Å². The van der Waals surface area contributed by atoms with E-state index in [-0.39, 0.29) is 5.96 Å². The van der Waals surface area contributed by atoms with Crippen molar-refractivity contribution < 1.29 is 0 Å². The van der Waals surface area contributed by atoms with Crippen molar-refractivity contribution in [1.29, 1.82) is 0 Å². The molecule has 0 saturated heterocycles. The molecule has 4 rings (SSSR count). The minimum absolute atomic E-state index is 0.118. The number of fused-ring (bicyclic) bond motifs is 1. The number of hydrogen-bond donors (Lipinski definition) is 3. The molecule has 2 aromatic carbocycles. The minimum atomic E-state index is 0.118. The van der Waals surface area contributed by atoms with Crippen LogP contribution in [0, 0.1) is 18.8 Å². The van der Waals surface area contributed by atoms with Crippen LogP contribution in [0.2, 0.25) is 0 Å². The molecular weight excluding hydrogens is 422 g/mol. The summed E-state index contributed by atoms with van der Waals surface area (Å²) in [7, 11) is 0. The van der Waals surface area contributed by atoms with Gasteiger partial charge in [0.15, 0.2) is 5.96 Å². The van der Waals surface area contributed by atoms with Gasteiger partial charge in [-0.05, 0) is 67.0 Å². The summed E-state index contributed by atoms with van der Waals surface area (Å²) >= 11 is 0. The smallest absolute Gasteiger partial charge is 0.207 e. The molecule has 0 amide bonds. The Kier molecular flexibility index (Phi) is 7.31. The molecule has 0 radical (unpaired) electrons. The third kappa shape index (κ3) is 6.08. The molecule has 170 valence electrons. The first-order chi connectivity index (χ1) is 16.6. The van der Waals surface area contributed by atoms with Gasteiger partial charge in [-0.15, -0.1) is 0 Å². The number of nitrogens with zero attached hydrogens (tertiary/aromatic N) is 4. The zero-order chi connectivity index (χ0) is 23.8. The van der Waals surface area contributed by atoms with E-state index in [1.807, 2.05) is 42.5 Å². The van der Waals surface area contributed by atoms with E-state index in [4.69, 9.17) is 16.5 Å². The number of nitrogens with two attached hydrogens (primary N) is 2. The molecule has 0 aliphatic heterocycles. The van der Waals surface area contributed by atoms with E-state index in [9.17, 15) is 0 Å². The lowest BCUT2D eigenvalue weighted by molar-refractivity contribution is 0.917. The molecular formula is C27H27N7. The second kappa shape index (κ2) is 10.9. The van der Waals surface area contributed by atoms with E-state index in [0.29, 0.717) is 24.6 Å². The molecule has 0 aliphatic carbocycles. The number of nitrogens with one attached hydrogen (secondary N) is 1. The lowest BCUT2D eigenvalue weighted by Crippen LogP contribution is -2.23. The first-order valence-corrected chi connectivity index (χ1v) is 11.2. The van der Waals surface area contributed by atoms with Crippen LogP contribution in [0.4, 0.5) is 5.82 Å². The van der Waals surface area contributed by atoms with Crippen LogP contribution in [0.3, 0.4) is 0 Å². The quantitative estimate of drug-likeness (QED) is 0.227. The molecule has 0 spiro atoms. The maximum absolute atomic E-state index is 5.45. The van der Waals surface area contributed by atoms with Gasteiger partial charge >= 0.3 is 0 Å². The molecule has 0 aliphatic rings. The van der Waals surface area contributed by atoms with Gasteiger partial charge < -0.3 is 16.8 Å². The lowest BCUT2D eigenvalue weighted by Gasteiger charge is -2.12. The minimum Gasteiger partial charge on any atom is -0.370 e. The number of guanidine groups is 1. The molecule has 0 atom stereocenters. The maximum Gasteiger partial charge on any atom is 0.207 e. The van der Waals surface area contributed by atoms with Gasteiger partial charge in [-0.2, -0.15) is 0 Å². The lowest BCUT2D eigenvalue weighted by atomic mass is 10.0. The number of aliphatic imine (C=N–C) groups is 1. The van der Waals surface area contributed by atoms with Crippen LogP contribution in [0.15, 0.2) is 71.9 Å². The summed E-state index contributed by atoms with van der Waals surface area (Å²) in [6, 6.07) is 20.1. The van der Waals surface area contributed by atoms with E-state index < -0.39 is 0 Å². The molecule has 0 fully saturated rings. The van der Waals surface area contributed by atoms with Gasteiger partial charge in [-0.1, -0.05) is 42.0 Å². The average Bonchev–Trinajstić information content (AvgIpc) is 2.84. The largest absolute Gasteiger partial charge is 0.370 e. The van der Waals surface area contributed by atoms with Crippen molar-refractivity contribution in [3.63, 3.8) is 0 Å². The Hall–Kier alpha value is -4.44. The molecule has 0 bridgehead atoms. The van der Waals surface area contributed by atoms with Crippen LogP contribution in [-0.2, 0) is 12.8 Å². The summed E-state index contributed by atoms with van der Waals surface area (Å²) in [5, 5.41) is 4.48. The molecule has 0 unspecified atom stereocenters. The number of rotatable bonds is 7. The topological polar surface area (TPSA) is 115 Å². The summed E-state index contributed by atoms with van der Waals surface area (Å²) in [5.41, 5.74) is 16.1. The van der Waals surface area contributed by atoms with E-state index >= 15 is 0 Å².